The average Bonchev–Trinajstić information content (AvgIpc) is 3.02. The molecule has 4 N–H and O–H groups in total. The Kier molecular flexibility index (Phi) is 3.04. The lowest BCUT2D eigenvalue weighted by atomic mass is 9.71. The highest BCUT2D eigenvalue weighted by atomic mass is 16.2. The number of carbonyl (C=O) groups is 3. The lowest BCUT2D eigenvalue weighted by Crippen LogP contribution is -2.58. The van der Waals surface area contributed by atoms with E-state index in [1.165, 1.54) is 0 Å². The quantitative estimate of drug-likeness (QED) is 0.598. The summed E-state index contributed by atoms with van der Waals surface area (Å²) >= 11 is 0. The Morgan fingerprint density at radius 3 is 2.74 bits per heavy atom. The van der Waals surface area contributed by atoms with Crippen molar-refractivity contribution in [3.63, 3.8) is 0 Å². The van der Waals surface area contributed by atoms with Gasteiger partial charge in [0.25, 0.3) is 0 Å². The summed E-state index contributed by atoms with van der Waals surface area (Å²) in [6, 6.07) is 1.62. The molecular formula is C16H20N4O3. The highest BCUT2D eigenvalue weighted by Gasteiger charge is 2.67. The minimum Gasteiger partial charge on any atom is -0.336 e. The maximum absolute atomic E-state index is 12.4. The Hall–Kier alpha value is -1.94. The third kappa shape index (κ3) is 2.08. The van der Waals surface area contributed by atoms with Crippen molar-refractivity contribution in [3.05, 3.63) is 0 Å². The summed E-state index contributed by atoms with van der Waals surface area (Å²) in [6.07, 6.45) is 3.94. The second-order valence-corrected chi connectivity index (χ2v) is 7.57. The van der Waals surface area contributed by atoms with Gasteiger partial charge in [0, 0.05) is 5.92 Å². The molecule has 4 rings (SSSR count). The first-order valence-corrected chi connectivity index (χ1v) is 8.29. The van der Waals surface area contributed by atoms with E-state index in [1.807, 2.05) is 0 Å². The van der Waals surface area contributed by atoms with Crippen molar-refractivity contribution in [2.75, 3.05) is 0 Å². The summed E-state index contributed by atoms with van der Waals surface area (Å²) in [5.41, 5.74) is 4.89. The SMILES string of the molecule is N#CC1(NC(=O)C(N)CC2CC2)CC2CC1C1C(=O)NC(=O)C21. The van der Waals surface area contributed by atoms with E-state index < -0.39 is 17.5 Å². The molecule has 0 aromatic heterocycles. The molecule has 122 valence electrons. The molecule has 3 saturated carbocycles. The van der Waals surface area contributed by atoms with Crippen molar-refractivity contribution in [3.8, 4) is 6.07 Å². The molecule has 1 heterocycles. The monoisotopic (exact) mass is 316 g/mol. The number of amides is 3. The lowest BCUT2D eigenvalue weighted by molar-refractivity contribution is -0.128. The Balaban J connectivity index is 1.53. The van der Waals surface area contributed by atoms with Crippen LogP contribution in [0.15, 0.2) is 0 Å². The number of nitrogens with one attached hydrogen (secondary N) is 2. The molecule has 1 saturated heterocycles. The van der Waals surface area contributed by atoms with Gasteiger partial charge in [0.15, 0.2) is 0 Å². The lowest BCUT2D eigenvalue weighted by Gasteiger charge is -2.37. The van der Waals surface area contributed by atoms with Gasteiger partial charge in [-0.05, 0) is 31.1 Å². The first kappa shape index (κ1) is 14.6. The first-order chi connectivity index (χ1) is 10.9. The van der Waals surface area contributed by atoms with Crippen LogP contribution in [0.5, 0.6) is 0 Å². The second-order valence-electron chi connectivity index (χ2n) is 7.57. The molecule has 0 radical (unpaired) electrons. The van der Waals surface area contributed by atoms with Crippen LogP contribution in [0.3, 0.4) is 0 Å². The van der Waals surface area contributed by atoms with Crippen LogP contribution in [0.2, 0.25) is 0 Å². The standard InChI is InChI=1S/C16H20N4O3/c17-6-16(20-13(21)10(18)3-7-1-2-7)5-8-4-9(16)12-11(8)14(22)19-15(12)23/h7-12H,1-5,18H2,(H,20,21)(H,19,22,23). The molecule has 23 heavy (non-hydrogen) atoms. The van der Waals surface area contributed by atoms with Crippen molar-refractivity contribution < 1.29 is 14.4 Å². The second kappa shape index (κ2) is 4.78. The Bertz CT molecular complexity index is 638. The van der Waals surface area contributed by atoms with E-state index in [0.717, 1.165) is 12.8 Å². The van der Waals surface area contributed by atoms with Crippen molar-refractivity contribution in [2.45, 2.75) is 43.7 Å². The maximum Gasteiger partial charge on any atom is 0.238 e. The number of nitriles is 1. The summed E-state index contributed by atoms with van der Waals surface area (Å²) in [5.74, 6) is -1.45. The zero-order valence-electron chi connectivity index (χ0n) is 12.7. The fraction of sp³-hybridized carbons (Fsp3) is 0.750. The van der Waals surface area contributed by atoms with Gasteiger partial charge < -0.3 is 11.1 Å². The number of hydrogen-bond acceptors (Lipinski definition) is 5. The van der Waals surface area contributed by atoms with Crippen LogP contribution in [-0.2, 0) is 14.4 Å². The number of nitrogens with two attached hydrogens (primary N) is 1. The molecule has 1 aliphatic heterocycles. The van der Waals surface area contributed by atoms with Gasteiger partial charge in [-0.25, -0.2) is 0 Å². The normalized spacial score (nSPS) is 42.1. The number of rotatable bonds is 4. The van der Waals surface area contributed by atoms with Gasteiger partial charge >= 0.3 is 0 Å². The molecule has 6 atom stereocenters. The average molecular weight is 316 g/mol. The van der Waals surface area contributed by atoms with Crippen LogP contribution >= 0.6 is 0 Å². The van der Waals surface area contributed by atoms with Crippen molar-refractivity contribution >= 4 is 17.7 Å². The van der Waals surface area contributed by atoms with Gasteiger partial charge in [0.1, 0.15) is 5.54 Å². The van der Waals surface area contributed by atoms with Crippen molar-refractivity contribution in [1.29, 1.82) is 5.26 Å². The van der Waals surface area contributed by atoms with Crippen LogP contribution in [0.4, 0.5) is 0 Å². The van der Waals surface area contributed by atoms with Crippen LogP contribution in [0, 0.1) is 40.9 Å². The predicted octanol–water partition coefficient (Wildman–Crippen LogP) is -0.579. The molecule has 3 amide bonds. The molecule has 0 aromatic carbocycles. The predicted molar refractivity (Wildman–Crippen MR) is 78.1 cm³/mol. The third-order valence-electron chi connectivity index (χ3n) is 6.12. The Labute approximate surface area is 134 Å². The molecule has 4 fully saturated rings. The summed E-state index contributed by atoms with van der Waals surface area (Å²) in [7, 11) is 0. The molecule has 7 nitrogen and oxygen atoms in total. The molecule has 2 bridgehead atoms. The van der Waals surface area contributed by atoms with E-state index in [1.54, 1.807) is 0 Å². The first-order valence-electron chi connectivity index (χ1n) is 8.29. The van der Waals surface area contributed by atoms with Gasteiger partial charge in [0.2, 0.25) is 17.7 Å². The van der Waals surface area contributed by atoms with E-state index in [4.69, 9.17) is 5.73 Å². The summed E-state index contributed by atoms with van der Waals surface area (Å²) in [4.78, 5) is 36.3. The number of carbonyl (C=O) groups excluding carboxylic acids is 3. The van der Waals surface area contributed by atoms with Gasteiger partial charge in [-0.1, -0.05) is 12.8 Å². The van der Waals surface area contributed by atoms with Gasteiger partial charge in [-0.3, -0.25) is 19.7 Å². The van der Waals surface area contributed by atoms with E-state index in [2.05, 4.69) is 16.7 Å². The molecule has 3 aliphatic carbocycles. The van der Waals surface area contributed by atoms with Gasteiger partial charge in [0.05, 0.1) is 23.9 Å². The molecular weight excluding hydrogens is 296 g/mol. The highest BCUT2D eigenvalue weighted by Crippen LogP contribution is 2.58. The fourth-order valence-electron chi connectivity index (χ4n) is 4.89. The summed E-state index contributed by atoms with van der Waals surface area (Å²) in [5, 5.41) is 14.9. The number of imide groups is 1. The van der Waals surface area contributed by atoms with E-state index >= 15 is 0 Å². The number of fused-ring (bicyclic) bond motifs is 5. The fourth-order valence-corrected chi connectivity index (χ4v) is 4.89. The molecule has 4 aliphatic rings. The topological polar surface area (TPSA) is 125 Å². The Morgan fingerprint density at radius 1 is 1.39 bits per heavy atom. The maximum atomic E-state index is 12.4. The summed E-state index contributed by atoms with van der Waals surface area (Å²) < 4.78 is 0. The largest absolute Gasteiger partial charge is 0.336 e. The van der Waals surface area contributed by atoms with Crippen LogP contribution < -0.4 is 16.4 Å². The molecule has 0 spiro atoms. The van der Waals surface area contributed by atoms with Crippen molar-refractivity contribution in [1.82, 2.24) is 10.6 Å². The third-order valence-corrected chi connectivity index (χ3v) is 6.12. The number of nitrogens with zero attached hydrogens (tertiary/aromatic N) is 1. The Morgan fingerprint density at radius 2 is 2.09 bits per heavy atom. The van der Waals surface area contributed by atoms with E-state index in [0.29, 0.717) is 25.2 Å². The molecule has 7 heteroatoms. The zero-order chi connectivity index (χ0) is 16.4. The highest BCUT2D eigenvalue weighted by molar-refractivity contribution is 6.06. The van der Waals surface area contributed by atoms with E-state index in [-0.39, 0.29) is 35.5 Å². The van der Waals surface area contributed by atoms with E-state index in [9.17, 15) is 19.6 Å². The minimum absolute atomic E-state index is 0.0175. The van der Waals surface area contributed by atoms with Gasteiger partial charge in [-0.2, -0.15) is 5.26 Å². The number of hydrogen-bond donors (Lipinski definition) is 3. The molecule has 6 unspecified atom stereocenters. The van der Waals surface area contributed by atoms with Crippen LogP contribution in [0.1, 0.15) is 32.1 Å². The summed E-state index contributed by atoms with van der Waals surface area (Å²) in [6.45, 7) is 0. The van der Waals surface area contributed by atoms with Crippen LogP contribution in [-0.4, -0.2) is 29.3 Å². The smallest absolute Gasteiger partial charge is 0.238 e. The van der Waals surface area contributed by atoms with Crippen LogP contribution in [0.25, 0.3) is 0 Å². The molecule has 0 aromatic rings. The van der Waals surface area contributed by atoms with Crippen molar-refractivity contribution in [2.24, 2.45) is 35.3 Å². The zero-order valence-corrected chi connectivity index (χ0v) is 12.7. The van der Waals surface area contributed by atoms with Gasteiger partial charge in [-0.15, -0.1) is 0 Å². The minimum atomic E-state index is -1.06.